The molecule has 0 radical (unpaired) electrons. The number of hydrogen-bond donors (Lipinski definition) is 0. The van der Waals surface area contributed by atoms with Gasteiger partial charge in [0.25, 0.3) is 5.69 Å². The van der Waals surface area contributed by atoms with Gasteiger partial charge in [-0.3, -0.25) is 10.1 Å². The van der Waals surface area contributed by atoms with Crippen molar-refractivity contribution < 1.29 is 14.4 Å². The first kappa shape index (κ1) is 17.1. The van der Waals surface area contributed by atoms with Gasteiger partial charge in [0.05, 0.1) is 28.7 Å². The Morgan fingerprint density at radius 3 is 2.64 bits per heavy atom. The highest BCUT2D eigenvalue weighted by atomic mass is 35.5. The Morgan fingerprint density at radius 1 is 1.08 bits per heavy atom. The summed E-state index contributed by atoms with van der Waals surface area (Å²) in [4.78, 5) is 14.7. The van der Waals surface area contributed by atoms with Crippen LogP contribution in [0.1, 0.15) is 5.56 Å². The molecule has 3 rings (SSSR count). The van der Waals surface area contributed by atoms with Crippen LogP contribution >= 0.6 is 11.6 Å². The molecule has 0 fully saturated rings. The van der Waals surface area contributed by atoms with E-state index in [1.165, 1.54) is 12.1 Å². The average Bonchev–Trinajstić information content (AvgIpc) is 2.62. The van der Waals surface area contributed by atoms with E-state index in [-0.39, 0.29) is 5.69 Å². The van der Waals surface area contributed by atoms with Crippen LogP contribution in [0, 0.1) is 10.1 Å². The van der Waals surface area contributed by atoms with Crippen molar-refractivity contribution in [2.75, 3.05) is 13.2 Å². The summed E-state index contributed by atoms with van der Waals surface area (Å²) in [6.45, 7) is 1.25. The molecule has 3 aromatic rings. The lowest BCUT2D eigenvalue weighted by Gasteiger charge is -2.08. The number of benzene rings is 2. The Labute approximate surface area is 149 Å². The van der Waals surface area contributed by atoms with Gasteiger partial charge in [-0.15, -0.1) is 0 Å². The maximum atomic E-state index is 10.8. The maximum Gasteiger partial charge on any atom is 0.270 e. The second kappa shape index (κ2) is 7.92. The summed E-state index contributed by atoms with van der Waals surface area (Å²) < 4.78 is 11.1. The second-order valence-electron chi connectivity index (χ2n) is 5.29. The van der Waals surface area contributed by atoms with E-state index >= 15 is 0 Å². The summed E-state index contributed by atoms with van der Waals surface area (Å²) in [6, 6.07) is 15.7. The summed E-state index contributed by atoms with van der Waals surface area (Å²) in [5.74, 6) is 0.356. The highest BCUT2D eigenvalue weighted by Gasteiger charge is 2.11. The van der Waals surface area contributed by atoms with Gasteiger partial charge in [0.15, 0.2) is 0 Å². The lowest BCUT2D eigenvalue weighted by Crippen LogP contribution is -2.07. The van der Waals surface area contributed by atoms with Gasteiger partial charge in [-0.2, -0.15) is 0 Å². The summed E-state index contributed by atoms with van der Waals surface area (Å²) in [7, 11) is 0. The molecule has 0 amide bonds. The van der Waals surface area contributed by atoms with E-state index < -0.39 is 4.92 Å². The smallest absolute Gasteiger partial charge is 0.270 e. The largest absolute Gasteiger partial charge is 0.475 e. The number of nitro benzene ring substituents is 1. The topological polar surface area (TPSA) is 74.5 Å². The number of non-ortho nitro benzene ring substituents is 1. The quantitative estimate of drug-likeness (QED) is 0.355. The van der Waals surface area contributed by atoms with Crippen molar-refractivity contribution in [2.24, 2.45) is 0 Å². The van der Waals surface area contributed by atoms with Gasteiger partial charge in [-0.05, 0) is 11.6 Å². The highest BCUT2D eigenvalue weighted by molar-refractivity contribution is 6.35. The summed E-state index contributed by atoms with van der Waals surface area (Å²) in [6.07, 6.45) is 0. The third kappa shape index (κ3) is 4.43. The minimum Gasteiger partial charge on any atom is -0.475 e. The molecule has 7 heteroatoms. The number of pyridine rings is 1. The van der Waals surface area contributed by atoms with E-state index in [1.54, 1.807) is 12.1 Å². The molecule has 0 atom stereocenters. The van der Waals surface area contributed by atoms with Gasteiger partial charge in [0.1, 0.15) is 6.61 Å². The first-order valence-corrected chi connectivity index (χ1v) is 8.00. The number of nitro groups is 1. The third-order valence-electron chi connectivity index (χ3n) is 3.52. The van der Waals surface area contributed by atoms with E-state index in [0.29, 0.717) is 41.6 Å². The van der Waals surface area contributed by atoms with Crippen LogP contribution in [0.3, 0.4) is 0 Å². The molecule has 0 bridgehead atoms. The monoisotopic (exact) mass is 358 g/mol. The molecule has 1 heterocycles. The molecular formula is C18H15ClN2O4. The highest BCUT2D eigenvalue weighted by Crippen LogP contribution is 2.29. The van der Waals surface area contributed by atoms with Crippen molar-refractivity contribution >= 4 is 28.2 Å². The summed E-state index contributed by atoms with van der Waals surface area (Å²) >= 11 is 6.19. The maximum absolute atomic E-state index is 10.8. The van der Waals surface area contributed by atoms with Crippen molar-refractivity contribution in [1.29, 1.82) is 0 Å². The lowest BCUT2D eigenvalue weighted by atomic mass is 10.2. The normalized spacial score (nSPS) is 10.8. The molecule has 0 spiro atoms. The molecule has 2 aromatic carbocycles. The van der Waals surface area contributed by atoms with Crippen molar-refractivity contribution in [3.05, 3.63) is 75.3 Å². The molecule has 0 saturated carbocycles. The number of hydrogen-bond acceptors (Lipinski definition) is 5. The first-order valence-electron chi connectivity index (χ1n) is 7.62. The van der Waals surface area contributed by atoms with Gasteiger partial charge in [-0.25, -0.2) is 4.98 Å². The number of fused-ring (bicyclic) bond motifs is 1. The van der Waals surface area contributed by atoms with Crippen LogP contribution in [0.15, 0.2) is 54.6 Å². The molecule has 25 heavy (non-hydrogen) atoms. The zero-order valence-electron chi connectivity index (χ0n) is 13.2. The molecule has 0 aliphatic rings. The predicted octanol–water partition coefficient (Wildman–Crippen LogP) is 4.39. The number of halogens is 1. The number of aromatic nitrogens is 1. The SMILES string of the molecule is O=[N+]([O-])c1ccc2nc(OCCOCc3ccccc3)cc(Cl)c2c1. The van der Waals surface area contributed by atoms with E-state index in [0.717, 1.165) is 5.56 Å². The summed E-state index contributed by atoms with van der Waals surface area (Å²) in [5, 5.41) is 11.7. The van der Waals surface area contributed by atoms with Crippen molar-refractivity contribution in [1.82, 2.24) is 4.98 Å². The van der Waals surface area contributed by atoms with E-state index in [4.69, 9.17) is 21.1 Å². The van der Waals surface area contributed by atoms with E-state index in [9.17, 15) is 10.1 Å². The molecule has 0 aliphatic heterocycles. The second-order valence-corrected chi connectivity index (χ2v) is 5.69. The van der Waals surface area contributed by atoms with E-state index in [1.807, 2.05) is 30.3 Å². The average molecular weight is 359 g/mol. The minimum atomic E-state index is -0.468. The zero-order valence-corrected chi connectivity index (χ0v) is 14.0. The Bertz CT molecular complexity index is 887. The van der Waals surface area contributed by atoms with Crippen molar-refractivity contribution in [2.45, 2.75) is 6.61 Å². The molecule has 0 unspecified atom stereocenters. The molecule has 6 nitrogen and oxygen atoms in total. The van der Waals surface area contributed by atoms with Crippen LogP contribution in [0.2, 0.25) is 5.02 Å². The zero-order chi connectivity index (χ0) is 17.6. The Morgan fingerprint density at radius 2 is 1.88 bits per heavy atom. The number of ether oxygens (including phenoxy) is 2. The number of nitrogens with zero attached hydrogens (tertiary/aromatic N) is 2. The Hall–Kier alpha value is -2.70. The molecule has 0 N–H and O–H groups in total. The Kier molecular flexibility index (Phi) is 5.42. The van der Waals surface area contributed by atoms with Gasteiger partial charge in [0, 0.05) is 23.6 Å². The molecule has 0 aliphatic carbocycles. The first-order chi connectivity index (χ1) is 12.1. The fourth-order valence-electron chi connectivity index (χ4n) is 2.31. The minimum absolute atomic E-state index is 0.0285. The van der Waals surface area contributed by atoms with Crippen LogP contribution in [-0.4, -0.2) is 23.1 Å². The van der Waals surface area contributed by atoms with Gasteiger partial charge in [-0.1, -0.05) is 41.9 Å². The van der Waals surface area contributed by atoms with Gasteiger partial charge >= 0.3 is 0 Å². The van der Waals surface area contributed by atoms with Crippen LogP contribution in [-0.2, 0) is 11.3 Å². The molecular weight excluding hydrogens is 344 g/mol. The Balaban J connectivity index is 1.58. The molecule has 0 saturated heterocycles. The van der Waals surface area contributed by atoms with Crippen LogP contribution in [0.5, 0.6) is 5.88 Å². The van der Waals surface area contributed by atoms with Gasteiger partial charge in [0.2, 0.25) is 5.88 Å². The van der Waals surface area contributed by atoms with Crippen molar-refractivity contribution in [3.63, 3.8) is 0 Å². The molecule has 1 aromatic heterocycles. The molecule has 128 valence electrons. The fourth-order valence-corrected chi connectivity index (χ4v) is 2.55. The van der Waals surface area contributed by atoms with Crippen LogP contribution in [0.25, 0.3) is 10.9 Å². The summed E-state index contributed by atoms with van der Waals surface area (Å²) in [5.41, 5.74) is 1.61. The lowest BCUT2D eigenvalue weighted by molar-refractivity contribution is -0.384. The standard InChI is InChI=1S/C18H15ClN2O4/c19-16-11-18(20-17-7-6-14(21(22)23)10-15(16)17)25-9-8-24-12-13-4-2-1-3-5-13/h1-7,10-11H,8-9,12H2. The van der Waals surface area contributed by atoms with Crippen LogP contribution in [0.4, 0.5) is 5.69 Å². The van der Waals surface area contributed by atoms with Crippen molar-refractivity contribution in [3.8, 4) is 5.88 Å². The predicted molar refractivity (Wildman–Crippen MR) is 95.0 cm³/mol. The number of rotatable bonds is 7. The van der Waals surface area contributed by atoms with Crippen LogP contribution < -0.4 is 4.74 Å². The van der Waals surface area contributed by atoms with E-state index in [2.05, 4.69) is 4.98 Å². The van der Waals surface area contributed by atoms with Gasteiger partial charge < -0.3 is 9.47 Å². The third-order valence-corrected chi connectivity index (χ3v) is 3.83. The fraction of sp³-hybridized carbons (Fsp3) is 0.167.